The van der Waals surface area contributed by atoms with E-state index in [2.05, 4.69) is 13.8 Å². The molecule has 5 heteroatoms. The zero-order chi connectivity index (χ0) is 26.6. The number of hydrogen-bond donors (Lipinski definition) is 1. The monoisotopic (exact) mass is 514 g/mol. The van der Waals surface area contributed by atoms with E-state index in [1.807, 2.05) is 6.08 Å². The van der Waals surface area contributed by atoms with Gasteiger partial charge in [0.2, 0.25) is 0 Å². The van der Waals surface area contributed by atoms with Crippen molar-refractivity contribution in [2.75, 3.05) is 0 Å². The first-order valence-corrected chi connectivity index (χ1v) is 15.3. The fourth-order valence-electron chi connectivity index (χ4n) is 9.09. The molecule has 37 heavy (non-hydrogen) atoms. The summed E-state index contributed by atoms with van der Waals surface area (Å²) >= 11 is 0. The number of rotatable bonds is 12. The highest BCUT2D eigenvalue weighted by atomic mass is 16.5. The summed E-state index contributed by atoms with van der Waals surface area (Å²) in [5.74, 6) is 2.06. The highest BCUT2D eigenvalue weighted by Gasteiger charge is 2.61. The van der Waals surface area contributed by atoms with Crippen molar-refractivity contribution < 1.29 is 24.2 Å². The summed E-state index contributed by atoms with van der Waals surface area (Å²) < 4.78 is 5.89. The lowest BCUT2D eigenvalue weighted by Crippen LogP contribution is -2.54. The van der Waals surface area contributed by atoms with E-state index in [1.54, 1.807) is 6.92 Å². The van der Waals surface area contributed by atoms with E-state index in [0.29, 0.717) is 42.3 Å². The third-order valence-electron chi connectivity index (χ3n) is 11.1. The van der Waals surface area contributed by atoms with E-state index in [9.17, 15) is 14.4 Å². The molecule has 5 nitrogen and oxygen atoms in total. The highest BCUT2D eigenvalue weighted by Crippen LogP contribution is 2.67. The Labute approximate surface area is 224 Å². The Morgan fingerprint density at radius 2 is 1.62 bits per heavy atom. The van der Waals surface area contributed by atoms with Gasteiger partial charge in [0.25, 0.3) is 0 Å². The van der Waals surface area contributed by atoms with Crippen LogP contribution in [0.15, 0.2) is 11.6 Å². The lowest BCUT2D eigenvalue weighted by molar-refractivity contribution is -0.159. The molecule has 3 fully saturated rings. The van der Waals surface area contributed by atoms with Gasteiger partial charge in [0.15, 0.2) is 5.78 Å². The maximum atomic E-state index is 12.4. The van der Waals surface area contributed by atoms with Crippen LogP contribution in [-0.4, -0.2) is 28.9 Å². The minimum absolute atomic E-state index is 0.0600. The van der Waals surface area contributed by atoms with Crippen molar-refractivity contribution in [1.82, 2.24) is 0 Å². The van der Waals surface area contributed by atoms with Crippen LogP contribution in [0, 0.1) is 34.5 Å². The molecule has 0 aromatic rings. The molecule has 0 spiro atoms. The molecule has 7 atom stereocenters. The number of fused-ring (bicyclic) bond motifs is 5. The molecule has 0 saturated heterocycles. The van der Waals surface area contributed by atoms with E-state index in [-0.39, 0.29) is 22.9 Å². The normalized spacial score (nSPS) is 36.8. The van der Waals surface area contributed by atoms with Crippen LogP contribution in [0.2, 0.25) is 0 Å². The number of hydrogen-bond acceptors (Lipinski definition) is 4. The lowest BCUT2D eigenvalue weighted by atomic mass is 9.44. The topological polar surface area (TPSA) is 80.7 Å². The third kappa shape index (κ3) is 6.17. The number of carbonyl (C=O) groups excluding carboxylic acids is 2. The van der Waals surface area contributed by atoms with Gasteiger partial charge in [-0.15, -0.1) is 0 Å². The molecular weight excluding hydrogens is 464 g/mol. The van der Waals surface area contributed by atoms with E-state index in [4.69, 9.17) is 9.84 Å². The zero-order valence-corrected chi connectivity index (χ0v) is 23.6. The van der Waals surface area contributed by atoms with Gasteiger partial charge in [-0.3, -0.25) is 14.4 Å². The van der Waals surface area contributed by atoms with Crippen LogP contribution < -0.4 is 0 Å². The molecule has 0 aromatic carbocycles. The SMILES string of the molecule is CC(=O)O[C@@H]1CCC2C3C(CC[C@@]21C)[C@@]1(C)CCC(=O)C=C1C[C@H]3CCCCCCCCCCC(=O)O. The molecule has 0 radical (unpaired) electrons. The summed E-state index contributed by atoms with van der Waals surface area (Å²) in [6, 6.07) is 0. The van der Waals surface area contributed by atoms with E-state index >= 15 is 0 Å². The van der Waals surface area contributed by atoms with Crippen molar-refractivity contribution in [3.05, 3.63) is 11.6 Å². The fraction of sp³-hybridized carbons (Fsp3) is 0.844. The Morgan fingerprint density at radius 3 is 2.30 bits per heavy atom. The third-order valence-corrected chi connectivity index (χ3v) is 11.1. The summed E-state index contributed by atoms with van der Waals surface area (Å²) in [4.78, 5) is 34.9. The predicted octanol–water partition coefficient (Wildman–Crippen LogP) is 7.66. The standard InChI is InChI=1S/C32H50O5/c1-22(33)37-28-15-14-26-30-23(12-10-8-6-4-5-7-9-11-13-29(35)36)20-24-21-25(34)16-18-31(24,2)27(30)17-19-32(26,28)3/h21,23,26-28,30H,4-20H2,1-3H3,(H,35,36)/t23-,26?,27?,28-,30?,31+,32+/m1/s1. The average molecular weight is 515 g/mol. The minimum Gasteiger partial charge on any atom is -0.481 e. The van der Waals surface area contributed by atoms with Crippen molar-refractivity contribution in [2.45, 2.75) is 136 Å². The van der Waals surface area contributed by atoms with Gasteiger partial charge >= 0.3 is 11.9 Å². The number of carboxylic acid groups (broad SMARTS) is 1. The second-order valence-electron chi connectivity index (χ2n) is 13.3. The summed E-state index contributed by atoms with van der Waals surface area (Å²) in [6.45, 7) is 6.41. The molecule has 4 aliphatic rings. The molecule has 4 aliphatic carbocycles. The Bertz CT molecular complexity index is 876. The number of unbranched alkanes of at least 4 members (excludes halogenated alkanes) is 7. The van der Waals surface area contributed by atoms with Crippen molar-refractivity contribution in [3.63, 3.8) is 0 Å². The van der Waals surface area contributed by atoms with Crippen LogP contribution in [0.1, 0.15) is 130 Å². The van der Waals surface area contributed by atoms with Gasteiger partial charge in [-0.2, -0.15) is 0 Å². The number of ketones is 1. The number of ether oxygens (including phenoxy) is 1. The van der Waals surface area contributed by atoms with Gasteiger partial charge in [0, 0.05) is 25.2 Å². The lowest BCUT2D eigenvalue weighted by Gasteiger charge is -2.60. The molecule has 0 heterocycles. The highest BCUT2D eigenvalue weighted by molar-refractivity contribution is 5.91. The first-order chi connectivity index (χ1) is 17.6. The Kier molecular flexibility index (Phi) is 9.22. The van der Waals surface area contributed by atoms with E-state index < -0.39 is 5.97 Å². The van der Waals surface area contributed by atoms with Crippen LogP contribution in [0.3, 0.4) is 0 Å². The Balaban J connectivity index is 1.37. The predicted molar refractivity (Wildman–Crippen MR) is 145 cm³/mol. The smallest absolute Gasteiger partial charge is 0.303 e. The van der Waals surface area contributed by atoms with Crippen molar-refractivity contribution in [3.8, 4) is 0 Å². The van der Waals surface area contributed by atoms with Gasteiger partial charge in [0.1, 0.15) is 6.10 Å². The molecule has 0 bridgehead atoms. The van der Waals surface area contributed by atoms with Crippen LogP contribution in [0.4, 0.5) is 0 Å². The van der Waals surface area contributed by atoms with E-state index in [0.717, 1.165) is 44.9 Å². The molecule has 4 rings (SSSR count). The second kappa shape index (κ2) is 12.0. The van der Waals surface area contributed by atoms with Gasteiger partial charge in [0.05, 0.1) is 0 Å². The van der Waals surface area contributed by atoms with Crippen LogP contribution in [0.25, 0.3) is 0 Å². The fourth-order valence-corrected chi connectivity index (χ4v) is 9.09. The molecule has 3 unspecified atom stereocenters. The number of aliphatic carboxylic acids is 1. The Hall–Kier alpha value is -1.65. The van der Waals surface area contributed by atoms with Crippen molar-refractivity contribution >= 4 is 17.7 Å². The molecule has 3 saturated carbocycles. The minimum atomic E-state index is -0.684. The summed E-state index contributed by atoms with van der Waals surface area (Å²) in [7, 11) is 0. The molecule has 1 N–H and O–H groups in total. The van der Waals surface area contributed by atoms with Gasteiger partial charge < -0.3 is 9.84 Å². The van der Waals surface area contributed by atoms with Gasteiger partial charge in [-0.25, -0.2) is 0 Å². The largest absolute Gasteiger partial charge is 0.481 e. The Morgan fingerprint density at radius 1 is 0.946 bits per heavy atom. The summed E-state index contributed by atoms with van der Waals surface area (Å²) in [5, 5.41) is 8.76. The van der Waals surface area contributed by atoms with E-state index in [1.165, 1.54) is 56.9 Å². The zero-order valence-electron chi connectivity index (χ0n) is 23.6. The number of allylic oxidation sites excluding steroid dienone is 1. The van der Waals surface area contributed by atoms with Gasteiger partial charge in [-0.1, -0.05) is 64.4 Å². The molecule has 208 valence electrons. The molecule has 0 amide bonds. The maximum Gasteiger partial charge on any atom is 0.303 e. The van der Waals surface area contributed by atoms with Crippen LogP contribution >= 0.6 is 0 Å². The summed E-state index contributed by atoms with van der Waals surface area (Å²) in [6.07, 6.45) is 20.1. The summed E-state index contributed by atoms with van der Waals surface area (Å²) in [5.41, 5.74) is 1.69. The molecule has 0 aromatic heterocycles. The first-order valence-electron chi connectivity index (χ1n) is 15.3. The quantitative estimate of drug-likeness (QED) is 0.213. The number of esters is 1. The second-order valence-corrected chi connectivity index (χ2v) is 13.3. The average Bonchev–Trinajstić information content (AvgIpc) is 3.16. The van der Waals surface area contributed by atoms with Crippen molar-refractivity contribution in [1.29, 1.82) is 0 Å². The maximum absolute atomic E-state index is 12.4. The van der Waals surface area contributed by atoms with Crippen LogP contribution in [-0.2, 0) is 19.1 Å². The first kappa shape index (κ1) is 28.4. The number of carbonyl (C=O) groups is 3. The van der Waals surface area contributed by atoms with Gasteiger partial charge in [-0.05, 0) is 86.5 Å². The molecular formula is C32H50O5. The van der Waals surface area contributed by atoms with Crippen LogP contribution in [0.5, 0.6) is 0 Å². The van der Waals surface area contributed by atoms with Crippen molar-refractivity contribution in [2.24, 2.45) is 34.5 Å². The number of carboxylic acids is 1. The molecule has 0 aliphatic heterocycles.